The molecule has 2 aliphatic heterocycles. The molecule has 2 aliphatic carbocycles. The molecule has 3 fully saturated rings. The highest BCUT2D eigenvalue weighted by molar-refractivity contribution is 7.89. The van der Waals surface area contributed by atoms with Crippen LogP contribution in [-0.4, -0.2) is 37.3 Å². The van der Waals surface area contributed by atoms with Crippen LogP contribution in [-0.2, 0) is 21.2 Å². The second-order valence-corrected chi connectivity index (χ2v) is 11.4. The summed E-state index contributed by atoms with van der Waals surface area (Å²) in [5, 5.41) is 0. The highest BCUT2D eigenvalue weighted by Gasteiger charge is 2.41. The normalized spacial score (nSPS) is 30.5. The van der Waals surface area contributed by atoms with Crippen molar-refractivity contribution in [2.24, 2.45) is 11.8 Å². The molecule has 6 heteroatoms. The first-order valence-electron chi connectivity index (χ1n) is 11.4. The van der Waals surface area contributed by atoms with Crippen LogP contribution in [0.1, 0.15) is 70.3 Å². The molecule has 4 aliphatic rings. The van der Waals surface area contributed by atoms with Gasteiger partial charge in [0.25, 0.3) is 0 Å². The van der Waals surface area contributed by atoms with Crippen molar-refractivity contribution in [3.05, 3.63) is 23.8 Å². The molecule has 1 aromatic carbocycles. The number of sulfonamides is 1. The van der Waals surface area contributed by atoms with E-state index in [0.717, 1.165) is 69.0 Å². The Morgan fingerprint density at radius 1 is 1.00 bits per heavy atom. The van der Waals surface area contributed by atoms with E-state index >= 15 is 0 Å². The van der Waals surface area contributed by atoms with Crippen molar-refractivity contribution in [2.45, 2.75) is 88.1 Å². The lowest BCUT2D eigenvalue weighted by Gasteiger charge is -2.43. The Morgan fingerprint density at radius 2 is 1.76 bits per heavy atom. The third kappa shape index (κ3) is 3.23. The topological polar surface area (TPSA) is 57.7 Å². The van der Waals surface area contributed by atoms with Gasteiger partial charge in [-0.05, 0) is 81.5 Å². The van der Waals surface area contributed by atoms with Crippen molar-refractivity contribution in [1.29, 1.82) is 0 Å². The molecule has 0 aromatic heterocycles. The van der Waals surface area contributed by atoms with Gasteiger partial charge < -0.3 is 4.90 Å². The third-order valence-corrected chi connectivity index (χ3v) is 9.68. The van der Waals surface area contributed by atoms with Gasteiger partial charge in [-0.3, -0.25) is 4.79 Å². The van der Waals surface area contributed by atoms with Gasteiger partial charge in [0.1, 0.15) is 0 Å². The van der Waals surface area contributed by atoms with Gasteiger partial charge in [0.15, 0.2) is 0 Å². The molecule has 0 bridgehead atoms. The molecular formula is C23H32N2O3S. The van der Waals surface area contributed by atoms with Gasteiger partial charge in [0.2, 0.25) is 15.9 Å². The summed E-state index contributed by atoms with van der Waals surface area (Å²) in [5.41, 5.74) is 1.92. The summed E-state index contributed by atoms with van der Waals surface area (Å²) in [5.74, 6) is 0.903. The summed E-state index contributed by atoms with van der Waals surface area (Å²) in [7, 11) is -3.49. The van der Waals surface area contributed by atoms with Gasteiger partial charge in [-0.2, -0.15) is 4.31 Å². The summed E-state index contributed by atoms with van der Waals surface area (Å²) in [4.78, 5) is 15.2. The molecule has 1 aromatic rings. The number of rotatable bonds is 3. The largest absolute Gasteiger partial charge is 0.309 e. The Morgan fingerprint density at radius 3 is 2.52 bits per heavy atom. The Balaban J connectivity index is 1.43. The van der Waals surface area contributed by atoms with Gasteiger partial charge >= 0.3 is 0 Å². The predicted molar refractivity (Wildman–Crippen MR) is 113 cm³/mol. The van der Waals surface area contributed by atoms with Gasteiger partial charge in [0.05, 0.1) is 4.90 Å². The molecule has 0 radical (unpaired) electrons. The van der Waals surface area contributed by atoms with E-state index in [-0.39, 0.29) is 23.9 Å². The minimum absolute atomic E-state index is 0.105. The monoisotopic (exact) mass is 416 g/mol. The van der Waals surface area contributed by atoms with Crippen molar-refractivity contribution in [2.75, 3.05) is 11.4 Å². The number of hydrogen-bond acceptors (Lipinski definition) is 3. The van der Waals surface area contributed by atoms with Crippen LogP contribution in [0.2, 0.25) is 0 Å². The Bertz CT molecular complexity index is 907. The van der Waals surface area contributed by atoms with Crippen LogP contribution in [0.15, 0.2) is 23.1 Å². The zero-order valence-corrected chi connectivity index (χ0v) is 18.2. The van der Waals surface area contributed by atoms with Crippen molar-refractivity contribution >= 4 is 21.6 Å². The van der Waals surface area contributed by atoms with E-state index in [1.54, 1.807) is 10.4 Å². The molecule has 3 unspecified atom stereocenters. The van der Waals surface area contributed by atoms with Gasteiger partial charge in [-0.1, -0.05) is 19.3 Å². The molecule has 3 atom stereocenters. The zero-order chi connectivity index (χ0) is 20.2. The highest BCUT2D eigenvalue weighted by atomic mass is 32.2. The smallest absolute Gasteiger partial charge is 0.243 e. The number of benzene rings is 1. The van der Waals surface area contributed by atoms with Gasteiger partial charge in [-0.25, -0.2) is 8.42 Å². The number of amides is 1. The molecule has 0 N–H and O–H groups in total. The van der Waals surface area contributed by atoms with Crippen molar-refractivity contribution < 1.29 is 13.2 Å². The van der Waals surface area contributed by atoms with Gasteiger partial charge in [-0.15, -0.1) is 0 Å². The average molecular weight is 417 g/mol. The van der Waals surface area contributed by atoms with Crippen LogP contribution in [0.25, 0.3) is 0 Å². The number of carbonyl (C=O) groups is 1. The lowest BCUT2D eigenvalue weighted by molar-refractivity contribution is -0.125. The molecule has 29 heavy (non-hydrogen) atoms. The van der Waals surface area contributed by atoms with E-state index < -0.39 is 10.0 Å². The lowest BCUT2D eigenvalue weighted by atomic mass is 9.79. The Labute approximate surface area is 174 Å². The molecule has 2 saturated carbocycles. The van der Waals surface area contributed by atoms with E-state index in [1.807, 2.05) is 17.0 Å². The second kappa shape index (κ2) is 7.38. The summed E-state index contributed by atoms with van der Waals surface area (Å²) >= 11 is 0. The molecule has 0 spiro atoms. The first-order chi connectivity index (χ1) is 14.0. The first-order valence-corrected chi connectivity index (χ1v) is 12.9. The molecule has 5 rings (SSSR count). The maximum atomic E-state index is 13.5. The van der Waals surface area contributed by atoms with Crippen LogP contribution in [0.5, 0.6) is 0 Å². The van der Waals surface area contributed by atoms with Crippen LogP contribution >= 0.6 is 0 Å². The molecule has 158 valence electrons. The van der Waals surface area contributed by atoms with Crippen LogP contribution in [0.4, 0.5) is 5.69 Å². The van der Waals surface area contributed by atoms with Crippen molar-refractivity contribution in [1.82, 2.24) is 4.31 Å². The number of carbonyl (C=O) groups excluding carboxylic acids is 1. The minimum Gasteiger partial charge on any atom is -0.309 e. The van der Waals surface area contributed by atoms with Gasteiger partial charge in [0, 0.05) is 30.2 Å². The Hall–Kier alpha value is -1.40. The minimum atomic E-state index is -3.49. The number of fused-ring (bicyclic) bond motifs is 2. The average Bonchev–Trinajstić information content (AvgIpc) is 3.01. The summed E-state index contributed by atoms with van der Waals surface area (Å²) in [6, 6.07) is 5.74. The summed E-state index contributed by atoms with van der Waals surface area (Å²) < 4.78 is 28.9. The number of piperidine rings is 1. The van der Waals surface area contributed by atoms with E-state index in [1.165, 1.54) is 6.42 Å². The fourth-order valence-corrected chi connectivity index (χ4v) is 7.77. The quantitative estimate of drug-likeness (QED) is 0.745. The molecule has 1 amide bonds. The SMILES string of the molecule is CC1Cc2cc(S(=O)(=O)N3CCCC4CCCCC43)ccc2N1C(=O)C1CCC1. The number of anilines is 1. The second-order valence-electron chi connectivity index (χ2n) is 9.55. The third-order valence-electron chi connectivity index (χ3n) is 7.76. The van der Waals surface area contributed by atoms with Crippen molar-refractivity contribution in [3.63, 3.8) is 0 Å². The zero-order valence-electron chi connectivity index (χ0n) is 17.3. The fraction of sp³-hybridized carbons (Fsp3) is 0.696. The molecule has 5 nitrogen and oxygen atoms in total. The number of hydrogen-bond donors (Lipinski definition) is 0. The molecule has 1 saturated heterocycles. The van der Waals surface area contributed by atoms with Crippen LogP contribution in [0, 0.1) is 11.8 Å². The molecule has 2 heterocycles. The Kier molecular flexibility index (Phi) is 4.98. The van der Waals surface area contributed by atoms with E-state index in [0.29, 0.717) is 17.4 Å². The number of nitrogens with zero attached hydrogens (tertiary/aromatic N) is 2. The van der Waals surface area contributed by atoms with Crippen LogP contribution in [0.3, 0.4) is 0 Å². The maximum Gasteiger partial charge on any atom is 0.243 e. The first kappa shape index (κ1) is 19.6. The summed E-state index contributed by atoms with van der Waals surface area (Å²) in [6.45, 7) is 2.71. The lowest BCUT2D eigenvalue weighted by Crippen LogP contribution is -2.49. The van der Waals surface area contributed by atoms with E-state index in [2.05, 4.69) is 6.92 Å². The van der Waals surface area contributed by atoms with E-state index in [4.69, 9.17) is 0 Å². The molecular weight excluding hydrogens is 384 g/mol. The van der Waals surface area contributed by atoms with Crippen LogP contribution < -0.4 is 4.90 Å². The standard InChI is InChI=1S/C23H32N2O3S/c1-16-14-19-15-20(11-12-22(19)25(16)23(26)18-7-4-8-18)29(27,28)24-13-5-9-17-6-2-3-10-21(17)24/h11-12,15-18,21H,2-10,13-14H2,1H3. The van der Waals surface area contributed by atoms with E-state index in [9.17, 15) is 13.2 Å². The maximum absolute atomic E-state index is 13.5. The fourth-order valence-electron chi connectivity index (χ4n) is 5.97. The summed E-state index contributed by atoms with van der Waals surface area (Å²) in [6.07, 6.45) is 10.5. The highest BCUT2D eigenvalue weighted by Crippen LogP contribution is 2.41. The predicted octanol–water partition coefficient (Wildman–Crippen LogP) is 4.11. The van der Waals surface area contributed by atoms with Crippen molar-refractivity contribution in [3.8, 4) is 0 Å².